The van der Waals surface area contributed by atoms with E-state index in [0.29, 0.717) is 5.56 Å². The van der Waals surface area contributed by atoms with Crippen molar-refractivity contribution in [3.8, 4) is 0 Å². The summed E-state index contributed by atoms with van der Waals surface area (Å²) < 4.78 is 0. The van der Waals surface area contributed by atoms with E-state index in [0.717, 1.165) is 6.07 Å². The first-order chi connectivity index (χ1) is 12.8. The summed E-state index contributed by atoms with van der Waals surface area (Å²) in [6, 6.07) is 12.9. The number of piperidine rings is 1. The van der Waals surface area contributed by atoms with Crippen LogP contribution in [0.2, 0.25) is 0 Å². The molecule has 2 aromatic carbocycles. The first-order valence-electron chi connectivity index (χ1n) is 8.47. The number of aliphatic carboxylic acids is 1. The minimum atomic E-state index is -1.04. The number of hydrogen-bond donors (Lipinski definition) is 2. The first kappa shape index (κ1) is 18.4. The summed E-state index contributed by atoms with van der Waals surface area (Å²) in [6.45, 7) is 0.496. The molecular formula is C19H19N3O5. The fourth-order valence-corrected chi connectivity index (χ4v) is 3.49. The molecule has 27 heavy (non-hydrogen) atoms. The van der Waals surface area contributed by atoms with Gasteiger partial charge in [-0.15, -0.1) is 0 Å². The number of benzene rings is 2. The fourth-order valence-electron chi connectivity index (χ4n) is 3.49. The summed E-state index contributed by atoms with van der Waals surface area (Å²) in [4.78, 5) is 36.6. The number of nitro benzene ring substituents is 1. The summed E-state index contributed by atoms with van der Waals surface area (Å²) in [5, 5.41) is 20.8. The van der Waals surface area contributed by atoms with E-state index in [9.17, 15) is 24.8 Å². The van der Waals surface area contributed by atoms with Crippen LogP contribution in [-0.2, 0) is 10.2 Å². The molecule has 0 spiro atoms. The number of hydrogen-bond acceptors (Lipinski definition) is 5. The Morgan fingerprint density at radius 2 is 1.74 bits per heavy atom. The topological polar surface area (TPSA) is 127 Å². The molecule has 1 aliphatic rings. The molecule has 3 N–H and O–H groups in total. The monoisotopic (exact) mass is 369 g/mol. The maximum Gasteiger partial charge on any atom is 0.314 e. The average Bonchev–Trinajstić information content (AvgIpc) is 2.68. The minimum Gasteiger partial charge on any atom is -0.481 e. The summed E-state index contributed by atoms with van der Waals surface area (Å²) in [5.41, 5.74) is 5.09. The number of nitrogens with two attached hydrogens (primary N) is 1. The van der Waals surface area contributed by atoms with Crippen LogP contribution < -0.4 is 5.73 Å². The number of carboxylic acid groups (broad SMARTS) is 1. The molecule has 140 valence electrons. The highest BCUT2D eigenvalue weighted by Crippen LogP contribution is 2.36. The molecule has 0 atom stereocenters. The molecule has 0 bridgehead atoms. The maximum absolute atomic E-state index is 12.7. The fraction of sp³-hybridized carbons (Fsp3) is 0.263. The molecule has 3 rings (SSSR count). The molecule has 8 heteroatoms. The van der Waals surface area contributed by atoms with Gasteiger partial charge in [0.05, 0.1) is 10.3 Å². The van der Waals surface area contributed by atoms with Crippen LogP contribution in [0.25, 0.3) is 0 Å². The van der Waals surface area contributed by atoms with E-state index in [-0.39, 0.29) is 48.8 Å². The highest BCUT2D eigenvalue weighted by molar-refractivity contribution is 5.96. The van der Waals surface area contributed by atoms with Gasteiger partial charge in [-0.25, -0.2) is 0 Å². The Morgan fingerprint density at radius 3 is 2.30 bits per heavy atom. The van der Waals surface area contributed by atoms with E-state index in [4.69, 9.17) is 5.73 Å². The molecule has 1 aliphatic heterocycles. The van der Waals surface area contributed by atoms with Crippen molar-refractivity contribution in [2.45, 2.75) is 18.3 Å². The largest absolute Gasteiger partial charge is 0.481 e. The second-order valence-electron chi connectivity index (χ2n) is 6.58. The minimum absolute atomic E-state index is 0.0100. The molecule has 0 aromatic heterocycles. The highest BCUT2D eigenvalue weighted by Gasteiger charge is 2.44. The number of carboxylic acids is 1. The smallest absolute Gasteiger partial charge is 0.314 e. The van der Waals surface area contributed by atoms with E-state index in [1.807, 2.05) is 6.07 Å². The van der Waals surface area contributed by atoms with E-state index < -0.39 is 16.3 Å². The lowest BCUT2D eigenvalue weighted by molar-refractivity contribution is -0.383. The summed E-state index contributed by atoms with van der Waals surface area (Å²) in [6.07, 6.45) is 0.546. The number of nitrogens with zero attached hydrogens (tertiary/aromatic N) is 2. The Bertz CT molecular complexity index is 889. The third-order valence-corrected chi connectivity index (χ3v) is 5.11. The summed E-state index contributed by atoms with van der Waals surface area (Å²) in [5.74, 6) is -1.28. The van der Waals surface area contributed by atoms with Crippen LogP contribution in [0.3, 0.4) is 0 Å². The average molecular weight is 369 g/mol. The molecule has 1 fully saturated rings. The Labute approximate surface area is 155 Å². The van der Waals surface area contributed by atoms with Gasteiger partial charge in [0.1, 0.15) is 5.69 Å². The van der Waals surface area contributed by atoms with Crippen LogP contribution in [-0.4, -0.2) is 39.9 Å². The van der Waals surface area contributed by atoms with Gasteiger partial charge in [-0.05, 0) is 30.5 Å². The second-order valence-corrected chi connectivity index (χ2v) is 6.58. The second kappa shape index (κ2) is 7.06. The number of carbonyl (C=O) groups excluding carboxylic acids is 1. The number of anilines is 1. The molecule has 2 aromatic rings. The van der Waals surface area contributed by atoms with E-state index in [1.165, 1.54) is 17.0 Å². The molecule has 1 saturated heterocycles. The van der Waals surface area contributed by atoms with Gasteiger partial charge in [0.15, 0.2) is 0 Å². The zero-order chi connectivity index (χ0) is 19.6. The van der Waals surface area contributed by atoms with Crippen molar-refractivity contribution >= 4 is 23.3 Å². The Morgan fingerprint density at radius 1 is 1.11 bits per heavy atom. The first-order valence-corrected chi connectivity index (χ1v) is 8.47. The van der Waals surface area contributed by atoms with E-state index in [2.05, 4.69) is 0 Å². The molecule has 0 radical (unpaired) electrons. The van der Waals surface area contributed by atoms with Crippen molar-refractivity contribution < 1.29 is 19.6 Å². The third kappa shape index (κ3) is 3.33. The van der Waals surface area contributed by atoms with Crippen LogP contribution in [0.1, 0.15) is 28.8 Å². The number of amides is 1. The van der Waals surface area contributed by atoms with Crippen molar-refractivity contribution in [1.82, 2.24) is 4.90 Å². The molecule has 8 nitrogen and oxygen atoms in total. The van der Waals surface area contributed by atoms with Crippen molar-refractivity contribution in [2.75, 3.05) is 18.8 Å². The van der Waals surface area contributed by atoms with Crippen LogP contribution in [0.4, 0.5) is 11.4 Å². The van der Waals surface area contributed by atoms with Crippen LogP contribution in [0.15, 0.2) is 48.5 Å². The lowest BCUT2D eigenvalue weighted by Crippen LogP contribution is -2.49. The van der Waals surface area contributed by atoms with Crippen LogP contribution in [0, 0.1) is 10.1 Å². The van der Waals surface area contributed by atoms with Crippen molar-refractivity contribution in [3.63, 3.8) is 0 Å². The van der Waals surface area contributed by atoms with Crippen molar-refractivity contribution in [2.24, 2.45) is 0 Å². The SMILES string of the molecule is Nc1ccc(C(=O)N2CCC(C(=O)O)(c3ccccc3)CC2)cc1[N+](=O)[O-]. The predicted molar refractivity (Wildman–Crippen MR) is 98.4 cm³/mol. The molecule has 0 saturated carbocycles. The van der Waals surface area contributed by atoms with Gasteiger partial charge in [0.25, 0.3) is 11.6 Å². The Balaban J connectivity index is 1.81. The number of nitrogen functional groups attached to an aromatic ring is 1. The van der Waals surface area contributed by atoms with Crippen LogP contribution in [0.5, 0.6) is 0 Å². The van der Waals surface area contributed by atoms with Crippen LogP contribution >= 0.6 is 0 Å². The normalized spacial score (nSPS) is 15.9. The summed E-state index contributed by atoms with van der Waals surface area (Å²) >= 11 is 0. The van der Waals surface area contributed by atoms with Crippen molar-refractivity contribution in [1.29, 1.82) is 0 Å². The predicted octanol–water partition coefficient (Wildman–Crippen LogP) is 2.44. The lowest BCUT2D eigenvalue weighted by atomic mass is 9.72. The number of likely N-dealkylation sites (tertiary alicyclic amines) is 1. The van der Waals surface area contributed by atoms with Gasteiger partial charge in [-0.1, -0.05) is 30.3 Å². The third-order valence-electron chi connectivity index (χ3n) is 5.11. The molecular weight excluding hydrogens is 350 g/mol. The van der Waals surface area contributed by atoms with E-state index in [1.54, 1.807) is 24.3 Å². The maximum atomic E-state index is 12.7. The van der Waals surface area contributed by atoms with Gasteiger partial charge >= 0.3 is 5.97 Å². The molecule has 1 heterocycles. The van der Waals surface area contributed by atoms with Gasteiger partial charge in [0, 0.05) is 24.7 Å². The quantitative estimate of drug-likeness (QED) is 0.484. The van der Waals surface area contributed by atoms with Gasteiger partial charge in [0.2, 0.25) is 0 Å². The Hall–Kier alpha value is -3.42. The lowest BCUT2D eigenvalue weighted by Gasteiger charge is -2.39. The molecule has 1 amide bonds. The number of rotatable bonds is 4. The molecule has 0 aliphatic carbocycles. The zero-order valence-electron chi connectivity index (χ0n) is 14.5. The van der Waals surface area contributed by atoms with Gasteiger partial charge < -0.3 is 15.7 Å². The van der Waals surface area contributed by atoms with Gasteiger partial charge in [-0.2, -0.15) is 0 Å². The Kier molecular flexibility index (Phi) is 4.81. The van der Waals surface area contributed by atoms with Crippen molar-refractivity contribution in [3.05, 3.63) is 69.8 Å². The van der Waals surface area contributed by atoms with E-state index >= 15 is 0 Å². The highest BCUT2D eigenvalue weighted by atomic mass is 16.6. The van der Waals surface area contributed by atoms with Gasteiger partial charge in [-0.3, -0.25) is 19.7 Å². The zero-order valence-corrected chi connectivity index (χ0v) is 14.5. The standard InChI is InChI=1S/C19H19N3O5/c20-15-7-6-13(12-16(15)22(26)27)17(23)21-10-8-19(9-11-21,18(24)25)14-4-2-1-3-5-14/h1-7,12H,8-11,20H2,(H,24,25). The number of nitro groups is 1. The summed E-state index contributed by atoms with van der Waals surface area (Å²) in [7, 11) is 0. The molecule has 0 unspecified atom stereocenters. The number of carbonyl (C=O) groups is 2.